The van der Waals surface area contributed by atoms with Gasteiger partial charge in [-0.1, -0.05) is 6.92 Å². The summed E-state index contributed by atoms with van der Waals surface area (Å²) >= 11 is 8.46. The second-order valence-corrected chi connectivity index (χ2v) is 8.29. The second kappa shape index (κ2) is 9.61. The van der Waals surface area contributed by atoms with E-state index in [9.17, 15) is 0 Å². The SMILES string of the molecule is CCSCCSCCCSCC1CS1. The fourth-order valence-electron chi connectivity index (χ4n) is 1.01. The maximum absolute atomic E-state index is 2.24. The van der Waals surface area contributed by atoms with Crippen LogP contribution < -0.4 is 0 Å². The number of hydrogen-bond acceptors (Lipinski definition) is 4. The lowest BCUT2D eigenvalue weighted by Gasteiger charge is -2.01. The van der Waals surface area contributed by atoms with Gasteiger partial charge in [-0.3, -0.25) is 0 Å². The van der Waals surface area contributed by atoms with Gasteiger partial charge in [-0.15, -0.1) is 0 Å². The molecule has 0 nitrogen and oxygen atoms in total. The standard InChI is InChI=1S/C10H20S4/c1-2-11-6-7-12-4-3-5-13-8-10-9-14-10/h10H,2-9H2,1H3. The molecule has 0 saturated carbocycles. The monoisotopic (exact) mass is 268 g/mol. The van der Waals surface area contributed by atoms with Crippen molar-refractivity contribution in [2.75, 3.05) is 40.3 Å². The number of rotatable bonds is 10. The van der Waals surface area contributed by atoms with Crippen molar-refractivity contribution in [1.29, 1.82) is 0 Å². The highest BCUT2D eigenvalue weighted by Crippen LogP contribution is 2.33. The molecule has 1 heterocycles. The Balaban J connectivity index is 1.63. The lowest BCUT2D eigenvalue weighted by Crippen LogP contribution is -1.92. The summed E-state index contributed by atoms with van der Waals surface area (Å²) in [6.07, 6.45) is 1.41. The Morgan fingerprint density at radius 3 is 2.50 bits per heavy atom. The minimum atomic E-state index is 1.02. The first kappa shape index (κ1) is 13.5. The predicted octanol–water partition coefficient (Wildman–Crippen LogP) is 3.71. The third-order valence-electron chi connectivity index (χ3n) is 1.86. The normalized spacial score (nSPS) is 19.9. The zero-order chi connectivity index (χ0) is 10.1. The van der Waals surface area contributed by atoms with E-state index in [1.54, 1.807) is 0 Å². The van der Waals surface area contributed by atoms with Crippen LogP contribution in [0.5, 0.6) is 0 Å². The molecular weight excluding hydrogens is 248 g/mol. The first-order chi connectivity index (χ1) is 6.93. The maximum atomic E-state index is 2.24. The van der Waals surface area contributed by atoms with E-state index >= 15 is 0 Å². The molecule has 0 aromatic carbocycles. The molecule has 0 amide bonds. The molecule has 1 saturated heterocycles. The van der Waals surface area contributed by atoms with Gasteiger partial charge in [0.05, 0.1) is 0 Å². The maximum Gasteiger partial charge on any atom is 0.0229 e. The zero-order valence-electron chi connectivity index (χ0n) is 8.87. The topological polar surface area (TPSA) is 0 Å². The number of hydrogen-bond donors (Lipinski definition) is 0. The molecule has 1 aliphatic heterocycles. The van der Waals surface area contributed by atoms with Gasteiger partial charge in [0.25, 0.3) is 0 Å². The molecule has 1 atom stereocenters. The summed E-state index contributed by atoms with van der Waals surface area (Å²) in [7, 11) is 0. The van der Waals surface area contributed by atoms with Gasteiger partial charge in [0, 0.05) is 28.3 Å². The Kier molecular flexibility index (Phi) is 9.25. The van der Waals surface area contributed by atoms with Crippen molar-refractivity contribution in [3.63, 3.8) is 0 Å². The minimum absolute atomic E-state index is 1.02. The Labute approximate surface area is 106 Å². The average molecular weight is 269 g/mol. The lowest BCUT2D eigenvalue weighted by molar-refractivity contribution is 1.12. The molecule has 14 heavy (non-hydrogen) atoms. The van der Waals surface area contributed by atoms with Crippen molar-refractivity contribution >= 4 is 47.0 Å². The van der Waals surface area contributed by atoms with Gasteiger partial charge in [0.1, 0.15) is 0 Å². The molecular formula is C10H20S4. The minimum Gasteiger partial charge on any atom is -0.161 e. The molecule has 0 aromatic heterocycles. The third kappa shape index (κ3) is 8.69. The molecule has 1 fully saturated rings. The van der Waals surface area contributed by atoms with Gasteiger partial charge in [0.2, 0.25) is 0 Å². The Morgan fingerprint density at radius 2 is 1.79 bits per heavy atom. The summed E-state index contributed by atoms with van der Waals surface area (Å²) in [4.78, 5) is 0. The summed E-state index contributed by atoms with van der Waals surface area (Å²) in [5.74, 6) is 9.54. The van der Waals surface area contributed by atoms with Crippen LogP contribution >= 0.6 is 47.0 Å². The molecule has 0 spiro atoms. The van der Waals surface area contributed by atoms with Gasteiger partial charge >= 0.3 is 0 Å². The smallest absolute Gasteiger partial charge is 0.0229 e. The van der Waals surface area contributed by atoms with Crippen LogP contribution in [0.25, 0.3) is 0 Å². The van der Waals surface area contributed by atoms with Crippen LogP contribution in [-0.4, -0.2) is 45.5 Å². The van der Waals surface area contributed by atoms with Crippen molar-refractivity contribution in [1.82, 2.24) is 0 Å². The van der Waals surface area contributed by atoms with Crippen LogP contribution in [0.15, 0.2) is 0 Å². The largest absolute Gasteiger partial charge is 0.161 e. The summed E-state index contributed by atoms with van der Waals surface area (Å²) in [5.41, 5.74) is 0. The number of thioether (sulfide) groups is 4. The van der Waals surface area contributed by atoms with Crippen LogP contribution in [-0.2, 0) is 0 Å². The molecule has 1 unspecified atom stereocenters. The van der Waals surface area contributed by atoms with Crippen LogP contribution in [0.4, 0.5) is 0 Å². The van der Waals surface area contributed by atoms with Gasteiger partial charge in [0.15, 0.2) is 0 Å². The van der Waals surface area contributed by atoms with Crippen molar-refractivity contribution in [2.24, 2.45) is 0 Å². The molecule has 84 valence electrons. The molecule has 0 aromatic rings. The Bertz CT molecular complexity index is 125. The van der Waals surface area contributed by atoms with Gasteiger partial charge in [-0.05, 0) is 23.7 Å². The van der Waals surface area contributed by atoms with Gasteiger partial charge < -0.3 is 0 Å². The summed E-state index contributed by atoms with van der Waals surface area (Å²) < 4.78 is 0. The first-order valence-corrected chi connectivity index (χ1v) is 9.79. The van der Waals surface area contributed by atoms with E-state index in [2.05, 4.69) is 54.0 Å². The summed E-state index contributed by atoms with van der Waals surface area (Å²) in [6.45, 7) is 2.24. The van der Waals surface area contributed by atoms with E-state index in [0.29, 0.717) is 0 Å². The molecule has 0 aliphatic carbocycles. The molecule has 0 radical (unpaired) electrons. The van der Waals surface area contributed by atoms with Crippen LogP contribution in [0.1, 0.15) is 13.3 Å². The summed E-state index contributed by atoms with van der Waals surface area (Å²) in [5, 5.41) is 1.02. The lowest BCUT2D eigenvalue weighted by atomic mass is 10.6. The zero-order valence-corrected chi connectivity index (χ0v) is 12.1. The van der Waals surface area contributed by atoms with Crippen molar-refractivity contribution in [3.05, 3.63) is 0 Å². The fraction of sp³-hybridized carbons (Fsp3) is 1.00. The highest BCUT2D eigenvalue weighted by atomic mass is 32.2. The van der Waals surface area contributed by atoms with Crippen molar-refractivity contribution in [2.45, 2.75) is 18.6 Å². The van der Waals surface area contributed by atoms with Crippen LogP contribution in [0, 0.1) is 0 Å². The third-order valence-corrected chi connectivity index (χ3v) is 6.49. The van der Waals surface area contributed by atoms with E-state index in [1.165, 1.54) is 46.7 Å². The van der Waals surface area contributed by atoms with Gasteiger partial charge in [-0.25, -0.2) is 0 Å². The summed E-state index contributed by atoms with van der Waals surface area (Å²) in [6, 6.07) is 0. The van der Waals surface area contributed by atoms with Crippen molar-refractivity contribution < 1.29 is 0 Å². The molecule has 4 heteroatoms. The molecule has 1 aliphatic rings. The first-order valence-electron chi connectivity index (χ1n) is 5.28. The quantitative estimate of drug-likeness (QED) is 0.437. The Hall–Kier alpha value is 1.40. The average Bonchev–Trinajstić information content (AvgIpc) is 2.99. The molecule has 0 bridgehead atoms. The second-order valence-electron chi connectivity index (χ2n) is 3.19. The van der Waals surface area contributed by atoms with Gasteiger partial charge in [-0.2, -0.15) is 47.0 Å². The van der Waals surface area contributed by atoms with E-state index in [4.69, 9.17) is 0 Å². The highest BCUT2D eigenvalue weighted by molar-refractivity contribution is 8.08. The Morgan fingerprint density at radius 1 is 1.07 bits per heavy atom. The highest BCUT2D eigenvalue weighted by Gasteiger charge is 2.21. The van der Waals surface area contributed by atoms with Crippen LogP contribution in [0.3, 0.4) is 0 Å². The van der Waals surface area contributed by atoms with E-state index in [0.717, 1.165) is 5.25 Å². The van der Waals surface area contributed by atoms with Crippen molar-refractivity contribution in [3.8, 4) is 0 Å². The van der Waals surface area contributed by atoms with E-state index in [1.807, 2.05) is 0 Å². The van der Waals surface area contributed by atoms with Crippen LogP contribution in [0.2, 0.25) is 0 Å². The molecule has 0 N–H and O–H groups in total. The molecule has 1 rings (SSSR count). The van der Waals surface area contributed by atoms with E-state index in [-0.39, 0.29) is 0 Å². The predicted molar refractivity (Wildman–Crippen MR) is 78.5 cm³/mol. The van der Waals surface area contributed by atoms with E-state index < -0.39 is 0 Å². The fourth-order valence-corrected chi connectivity index (χ4v) is 4.95.